The Kier molecular flexibility index (Phi) is 7.25. The van der Waals surface area contributed by atoms with E-state index < -0.39 is 35.3 Å². The number of aliphatic hydroxyl groups is 1. The topological polar surface area (TPSA) is 116 Å². The minimum absolute atomic E-state index is 0.0269. The number of hydrogen-bond acceptors (Lipinski definition) is 9. The third-order valence-corrected chi connectivity index (χ3v) is 6.25. The Morgan fingerprint density at radius 3 is 2.46 bits per heavy atom. The first-order valence-electron chi connectivity index (χ1n) is 11.7. The minimum Gasteiger partial charge on any atom is -0.466 e. The highest BCUT2D eigenvalue weighted by atomic mass is 16.7. The molecule has 4 atom stereocenters. The normalized spacial score (nSPS) is 26.3. The molecular formula is C26H30N2O7. The van der Waals surface area contributed by atoms with Gasteiger partial charge < -0.3 is 24.1 Å². The lowest BCUT2D eigenvalue weighted by atomic mass is 9.61. The predicted octanol–water partition coefficient (Wildman–Crippen LogP) is 3.48. The summed E-state index contributed by atoms with van der Waals surface area (Å²) in [5.41, 5.74) is 3.12. The molecular weight excluding hydrogens is 452 g/mol. The van der Waals surface area contributed by atoms with Gasteiger partial charge in [-0.3, -0.25) is 15.0 Å². The van der Waals surface area contributed by atoms with E-state index in [9.17, 15) is 14.7 Å². The Morgan fingerprint density at radius 1 is 1.06 bits per heavy atom. The maximum atomic E-state index is 13.4. The summed E-state index contributed by atoms with van der Waals surface area (Å²) in [6.07, 6.45) is -0.0269. The molecule has 9 heteroatoms. The molecule has 1 fully saturated rings. The number of anilines is 1. The molecule has 9 nitrogen and oxygen atoms in total. The first kappa shape index (κ1) is 24.5. The summed E-state index contributed by atoms with van der Waals surface area (Å²) in [6.45, 7) is 5.35. The molecule has 0 spiro atoms. The van der Waals surface area contributed by atoms with Crippen molar-refractivity contribution in [2.45, 2.75) is 38.7 Å². The van der Waals surface area contributed by atoms with E-state index >= 15 is 0 Å². The van der Waals surface area contributed by atoms with Crippen LogP contribution in [0.5, 0.6) is 11.5 Å². The van der Waals surface area contributed by atoms with Crippen molar-refractivity contribution in [2.24, 2.45) is 16.9 Å². The lowest BCUT2D eigenvalue weighted by molar-refractivity contribution is -0.163. The van der Waals surface area contributed by atoms with Gasteiger partial charge in [-0.25, -0.2) is 0 Å². The van der Waals surface area contributed by atoms with Crippen molar-refractivity contribution >= 4 is 23.3 Å². The van der Waals surface area contributed by atoms with Crippen LogP contribution in [0.15, 0.2) is 53.6 Å². The van der Waals surface area contributed by atoms with Crippen molar-refractivity contribution < 1.29 is 33.6 Å². The van der Waals surface area contributed by atoms with E-state index in [4.69, 9.17) is 18.9 Å². The van der Waals surface area contributed by atoms with Gasteiger partial charge in [0.25, 0.3) is 0 Å². The van der Waals surface area contributed by atoms with Crippen LogP contribution >= 0.6 is 0 Å². The number of esters is 2. The van der Waals surface area contributed by atoms with E-state index in [0.29, 0.717) is 22.8 Å². The van der Waals surface area contributed by atoms with Gasteiger partial charge in [0.1, 0.15) is 5.92 Å². The molecule has 186 valence electrons. The molecule has 0 saturated heterocycles. The molecule has 0 aromatic heterocycles. The molecule has 0 radical (unpaired) electrons. The summed E-state index contributed by atoms with van der Waals surface area (Å²) in [7, 11) is 0. The smallest absolute Gasteiger partial charge is 0.315 e. The summed E-state index contributed by atoms with van der Waals surface area (Å²) >= 11 is 0. The number of ether oxygens (including phenoxy) is 4. The number of benzene rings is 2. The van der Waals surface area contributed by atoms with Crippen molar-refractivity contribution in [1.29, 1.82) is 0 Å². The molecule has 2 aromatic carbocycles. The number of nitrogens with zero attached hydrogens (tertiary/aromatic N) is 1. The molecule has 4 unspecified atom stereocenters. The van der Waals surface area contributed by atoms with Crippen LogP contribution in [0, 0.1) is 11.8 Å². The molecule has 2 N–H and O–H groups in total. The summed E-state index contributed by atoms with van der Waals surface area (Å²) < 4.78 is 21.7. The fourth-order valence-electron chi connectivity index (χ4n) is 4.78. The summed E-state index contributed by atoms with van der Waals surface area (Å²) in [6, 6.07) is 14.5. The first-order valence-corrected chi connectivity index (χ1v) is 11.7. The summed E-state index contributed by atoms with van der Waals surface area (Å²) in [5.74, 6) is -2.87. The zero-order valence-corrected chi connectivity index (χ0v) is 20.0. The fourth-order valence-corrected chi connectivity index (χ4v) is 4.78. The predicted molar refractivity (Wildman–Crippen MR) is 128 cm³/mol. The number of fused-ring (bicyclic) bond motifs is 1. The average molecular weight is 483 g/mol. The molecule has 0 bridgehead atoms. The van der Waals surface area contributed by atoms with Crippen molar-refractivity contribution in [3.8, 4) is 11.5 Å². The van der Waals surface area contributed by atoms with Gasteiger partial charge in [-0.05, 0) is 50.6 Å². The highest BCUT2D eigenvalue weighted by molar-refractivity contribution is 6.06. The Bertz CT molecular complexity index is 1100. The van der Waals surface area contributed by atoms with Gasteiger partial charge in [0, 0.05) is 12.3 Å². The Morgan fingerprint density at radius 2 is 1.74 bits per heavy atom. The van der Waals surface area contributed by atoms with E-state index in [-0.39, 0.29) is 26.4 Å². The second-order valence-corrected chi connectivity index (χ2v) is 8.71. The van der Waals surface area contributed by atoms with Crippen LogP contribution in [0.4, 0.5) is 5.69 Å². The molecule has 0 amide bonds. The van der Waals surface area contributed by atoms with Crippen LogP contribution in [-0.4, -0.2) is 48.4 Å². The first-order chi connectivity index (χ1) is 16.9. The molecule has 4 rings (SSSR count). The SMILES string of the molecule is CCOC(=O)C1C(=NNc2ccccc2)CC(C)(O)C(C(=O)OCC)C1c1ccc2c(c1)OCO2. The van der Waals surface area contributed by atoms with Crippen molar-refractivity contribution in [2.75, 3.05) is 25.4 Å². The number of hydrogen-bond donors (Lipinski definition) is 2. The maximum absolute atomic E-state index is 13.4. The van der Waals surface area contributed by atoms with Gasteiger partial charge in [0.05, 0.1) is 36.1 Å². The largest absolute Gasteiger partial charge is 0.466 e. The van der Waals surface area contributed by atoms with Crippen LogP contribution in [0.2, 0.25) is 0 Å². The Hall–Kier alpha value is -3.59. The highest BCUT2D eigenvalue weighted by Crippen LogP contribution is 2.49. The van der Waals surface area contributed by atoms with Gasteiger partial charge in [0.15, 0.2) is 11.5 Å². The van der Waals surface area contributed by atoms with E-state index in [1.807, 2.05) is 30.3 Å². The number of carbonyl (C=O) groups excluding carboxylic acids is 2. The highest BCUT2D eigenvalue weighted by Gasteiger charge is 2.56. The van der Waals surface area contributed by atoms with Crippen molar-refractivity contribution in [3.05, 3.63) is 54.1 Å². The lowest BCUT2D eigenvalue weighted by Gasteiger charge is -2.45. The number of nitrogens with one attached hydrogen (secondary N) is 1. The van der Waals surface area contributed by atoms with Crippen LogP contribution in [-0.2, 0) is 19.1 Å². The summed E-state index contributed by atoms with van der Waals surface area (Å²) in [5, 5.41) is 16.1. The van der Waals surface area contributed by atoms with Gasteiger partial charge in [-0.2, -0.15) is 5.10 Å². The fraction of sp³-hybridized carbons (Fsp3) is 0.423. The van der Waals surface area contributed by atoms with Gasteiger partial charge in [-0.1, -0.05) is 24.3 Å². The maximum Gasteiger partial charge on any atom is 0.315 e. The van der Waals surface area contributed by atoms with E-state index in [0.717, 1.165) is 5.69 Å². The standard InChI is InChI=1S/C26H30N2O7/c1-4-32-24(29)22-18(28-27-17-9-7-6-8-10-17)14-26(3,31)23(25(30)33-5-2)21(22)16-11-12-19-20(13-16)35-15-34-19/h6-13,21-23,27,31H,4-5,14-15H2,1-3H3. The molecule has 1 heterocycles. The number of hydrazone groups is 1. The zero-order valence-electron chi connectivity index (χ0n) is 20.0. The van der Waals surface area contributed by atoms with Crippen molar-refractivity contribution in [1.82, 2.24) is 0 Å². The molecule has 1 saturated carbocycles. The van der Waals surface area contributed by atoms with Crippen LogP contribution < -0.4 is 14.9 Å². The van der Waals surface area contributed by atoms with E-state index in [1.54, 1.807) is 39.0 Å². The average Bonchev–Trinajstić information content (AvgIpc) is 3.30. The molecule has 2 aromatic rings. The second kappa shape index (κ2) is 10.4. The number of rotatable bonds is 7. The lowest BCUT2D eigenvalue weighted by Crippen LogP contribution is -2.55. The number of para-hydroxylation sites is 1. The third kappa shape index (κ3) is 5.09. The van der Waals surface area contributed by atoms with Gasteiger partial charge >= 0.3 is 11.9 Å². The molecule has 1 aliphatic carbocycles. The van der Waals surface area contributed by atoms with E-state index in [1.165, 1.54) is 0 Å². The Balaban J connectivity index is 1.84. The third-order valence-electron chi connectivity index (χ3n) is 6.25. The van der Waals surface area contributed by atoms with Gasteiger partial charge in [0.2, 0.25) is 6.79 Å². The molecule has 2 aliphatic rings. The quantitative estimate of drug-likeness (QED) is 0.455. The summed E-state index contributed by atoms with van der Waals surface area (Å²) in [4.78, 5) is 26.6. The number of carbonyl (C=O) groups is 2. The second-order valence-electron chi connectivity index (χ2n) is 8.71. The van der Waals surface area contributed by atoms with Crippen LogP contribution in [0.25, 0.3) is 0 Å². The van der Waals surface area contributed by atoms with Crippen LogP contribution in [0.1, 0.15) is 38.7 Å². The Labute approximate surface area is 204 Å². The minimum atomic E-state index is -1.55. The molecule has 1 aliphatic heterocycles. The van der Waals surface area contributed by atoms with Crippen molar-refractivity contribution in [3.63, 3.8) is 0 Å². The van der Waals surface area contributed by atoms with Crippen LogP contribution in [0.3, 0.4) is 0 Å². The monoisotopic (exact) mass is 482 g/mol. The molecule has 35 heavy (non-hydrogen) atoms. The van der Waals surface area contributed by atoms with E-state index in [2.05, 4.69) is 10.5 Å². The van der Waals surface area contributed by atoms with Gasteiger partial charge in [-0.15, -0.1) is 0 Å². The zero-order chi connectivity index (χ0) is 25.0.